The van der Waals surface area contributed by atoms with Crippen LogP contribution in [0.15, 0.2) is 42.5 Å². The molecule has 1 fully saturated rings. The SMILES string of the molecule is CC(C)[C@@H]1CC[C@@H](C)C[C@H]1OC(=O)N(CC(O[Si](C)(C)C)c1ccc2ccccc2c1)C(C)C. The predicted molar refractivity (Wildman–Crippen MR) is 145 cm³/mol. The highest BCUT2D eigenvalue weighted by molar-refractivity contribution is 6.69. The molecule has 0 N–H and O–H groups in total. The van der Waals surface area contributed by atoms with Crippen molar-refractivity contribution in [2.24, 2.45) is 17.8 Å². The maximum absolute atomic E-state index is 13.5. The van der Waals surface area contributed by atoms with E-state index in [2.05, 4.69) is 96.7 Å². The lowest BCUT2D eigenvalue weighted by Gasteiger charge is -2.39. The molecule has 2 aromatic carbocycles. The lowest BCUT2D eigenvalue weighted by atomic mass is 9.75. The van der Waals surface area contributed by atoms with Gasteiger partial charge in [-0.1, -0.05) is 63.6 Å². The molecular formula is C29H45NO3Si. The zero-order chi connectivity index (χ0) is 25.0. The lowest BCUT2D eigenvalue weighted by Crippen LogP contribution is -2.45. The van der Waals surface area contributed by atoms with Crippen molar-refractivity contribution < 1.29 is 14.0 Å². The highest BCUT2D eigenvalue weighted by atomic mass is 28.4. The minimum Gasteiger partial charge on any atom is -0.446 e. The quantitative estimate of drug-likeness (QED) is 0.357. The summed E-state index contributed by atoms with van der Waals surface area (Å²) in [5, 5.41) is 2.41. The fraction of sp³-hybridized carbons (Fsp3) is 0.621. The Kier molecular flexibility index (Phi) is 8.86. The molecule has 34 heavy (non-hydrogen) atoms. The van der Waals surface area contributed by atoms with Crippen molar-refractivity contribution in [1.82, 2.24) is 4.90 Å². The van der Waals surface area contributed by atoms with Crippen LogP contribution in [0.1, 0.15) is 65.5 Å². The number of benzene rings is 2. The van der Waals surface area contributed by atoms with Crippen molar-refractivity contribution in [3.8, 4) is 0 Å². The Morgan fingerprint density at radius 3 is 2.32 bits per heavy atom. The molecule has 1 unspecified atom stereocenters. The van der Waals surface area contributed by atoms with Crippen LogP contribution in [0, 0.1) is 17.8 Å². The van der Waals surface area contributed by atoms with Crippen LogP contribution < -0.4 is 0 Å². The summed E-state index contributed by atoms with van der Waals surface area (Å²) in [6, 6.07) is 14.9. The van der Waals surface area contributed by atoms with Crippen LogP contribution in [0.4, 0.5) is 4.79 Å². The monoisotopic (exact) mass is 483 g/mol. The summed E-state index contributed by atoms with van der Waals surface area (Å²) in [4.78, 5) is 15.4. The summed E-state index contributed by atoms with van der Waals surface area (Å²) in [6.07, 6.45) is 2.92. The number of hydrogen-bond acceptors (Lipinski definition) is 3. The first-order valence-electron chi connectivity index (χ1n) is 13.1. The van der Waals surface area contributed by atoms with E-state index in [1.165, 1.54) is 17.2 Å². The highest BCUT2D eigenvalue weighted by Gasteiger charge is 2.36. The molecule has 188 valence electrons. The molecule has 1 aliphatic carbocycles. The normalized spacial score (nSPS) is 22.2. The second-order valence-electron chi connectivity index (χ2n) is 11.8. The Hall–Kier alpha value is -1.85. The number of rotatable bonds is 8. The van der Waals surface area contributed by atoms with Gasteiger partial charge in [0.25, 0.3) is 0 Å². The first-order valence-corrected chi connectivity index (χ1v) is 16.5. The average molecular weight is 484 g/mol. The summed E-state index contributed by atoms with van der Waals surface area (Å²) >= 11 is 0. The molecule has 3 rings (SSSR count). The molecule has 1 aliphatic rings. The molecule has 4 nitrogen and oxygen atoms in total. The van der Waals surface area contributed by atoms with Crippen molar-refractivity contribution in [2.45, 2.75) is 91.8 Å². The van der Waals surface area contributed by atoms with Crippen LogP contribution in [0.2, 0.25) is 19.6 Å². The predicted octanol–water partition coefficient (Wildman–Crippen LogP) is 8.04. The Bertz CT molecular complexity index is 952. The number of carbonyl (C=O) groups excluding carboxylic acids is 1. The van der Waals surface area contributed by atoms with Crippen molar-refractivity contribution >= 4 is 25.2 Å². The van der Waals surface area contributed by atoms with Crippen LogP contribution in [0.25, 0.3) is 10.8 Å². The zero-order valence-electron chi connectivity index (χ0n) is 22.5. The minimum absolute atomic E-state index is 0.00507. The van der Waals surface area contributed by atoms with E-state index in [1.807, 2.05) is 4.90 Å². The van der Waals surface area contributed by atoms with Gasteiger partial charge in [0.05, 0.1) is 12.6 Å². The van der Waals surface area contributed by atoms with E-state index in [1.54, 1.807) is 0 Å². The third kappa shape index (κ3) is 7.08. The van der Waals surface area contributed by atoms with Crippen LogP contribution >= 0.6 is 0 Å². The molecule has 1 amide bonds. The number of nitrogens with zero attached hydrogens (tertiary/aromatic N) is 1. The second kappa shape index (κ2) is 11.3. The van der Waals surface area contributed by atoms with Gasteiger partial charge in [-0.2, -0.15) is 0 Å². The van der Waals surface area contributed by atoms with Gasteiger partial charge in [0.1, 0.15) is 6.10 Å². The van der Waals surface area contributed by atoms with E-state index in [0.29, 0.717) is 24.3 Å². The summed E-state index contributed by atoms with van der Waals surface area (Å²) in [5.41, 5.74) is 1.12. The van der Waals surface area contributed by atoms with Crippen molar-refractivity contribution in [3.05, 3.63) is 48.0 Å². The molecule has 0 spiro atoms. The smallest absolute Gasteiger partial charge is 0.410 e. The van der Waals surface area contributed by atoms with Gasteiger partial charge in [-0.3, -0.25) is 0 Å². The first-order chi connectivity index (χ1) is 15.9. The number of carbonyl (C=O) groups is 1. The van der Waals surface area contributed by atoms with Crippen molar-refractivity contribution in [2.75, 3.05) is 6.54 Å². The molecule has 0 aliphatic heterocycles. The summed E-state index contributed by atoms with van der Waals surface area (Å²) in [7, 11) is -1.86. The molecule has 0 aromatic heterocycles. The Labute approximate surface area is 208 Å². The van der Waals surface area contributed by atoms with Gasteiger partial charge in [-0.25, -0.2) is 4.79 Å². The number of ether oxygens (including phenoxy) is 1. The van der Waals surface area contributed by atoms with Gasteiger partial charge in [-0.05, 0) is 86.5 Å². The zero-order valence-corrected chi connectivity index (χ0v) is 23.5. The maximum atomic E-state index is 13.5. The van der Waals surface area contributed by atoms with Crippen LogP contribution in [-0.2, 0) is 9.16 Å². The molecule has 2 aromatic rings. The van der Waals surface area contributed by atoms with Crippen LogP contribution in [0.5, 0.6) is 0 Å². The van der Waals surface area contributed by atoms with Gasteiger partial charge in [0, 0.05) is 6.04 Å². The Balaban J connectivity index is 1.84. The maximum Gasteiger partial charge on any atom is 0.410 e. The van der Waals surface area contributed by atoms with E-state index in [-0.39, 0.29) is 24.3 Å². The molecule has 0 radical (unpaired) electrons. The molecule has 0 saturated heterocycles. The summed E-state index contributed by atoms with van der Waals surface area (Å²) < 4.78 is 12.9. The van der Waals surface area contributed by atoms with E-state index in [0.717, 1.165) is 18.4 Å². The van der Waals surface area contributed by atoms with Crippen molar-refractivity contribution in [1.29, 1.82) is 0 Å². The van der Waals surface area contributed by atoms with E-state index in [4.69, 9.17) is 9.16 Å². The lowest BCUT2D eigenvalue weighted by molar-refractivity contribution is -0.0189. The molecular weight excluding hydrogens is 438 g/mol. The van der Waals surface area contributed by atoms with Crippen molar-refractivity contribution in [3.63, 3.8) is 0 Å². The van der Waals surface area contributed by atoms with E-state index < -0.39 is 8.32 Å². The summed E-state index contributed by atoms with van der Waals surface area (Å²) in [6.45, 7) is 18.0. The number of amides is 1. The van der Waals surface area contributed by atoms with E-state index in [9.17, 15) is 4.79 Å². The fourth-order valence-electron chi connectivity index (χ4n) is 5.17. The van der Waals surface area contributed by atoms with E-state index >= 15 is 0 Å². The molecule has 1 saturated carbocycles. The highest BCUT2D eigenvalue weighted by Crippen LogP contribution is 2.36. The van der Waals surface area contributed by atoms with Gasteiger partial charge < -0.3 is 14.1 Å². The number of hydrogen-bond donors (Lipinski definition) is 0. The van der Waals surface area contributed by atoms with Crippen LogP contribution in [-0.4, -0.2) is 38.0 Å². The average Bonchev–Trinajstić information content (AvgIpc) is 2.75. The Morgan fingerprint density at radius 1 is 1.03 bits per heavy atom. The molecule has 0 bridgehead atoms. The van der Waals surface area contributed by atoms with Gasteiger partial charge in [0.2, 0.25) is 0 Å². The molecule has 4 atom stereocenters. The largest absolute Gasteiger partial charge is 0.446 e. The minimum atomic E-state index is -1.86. The van der Waals surface area contributed by atoms with Gasteiger partial charge in [0.15, 0.2) is 8.32 Å². The van der Waals surface area contributed by atoms with Gasteiger partial charge in [-0.15, -0.1) is 0 Å². The molecule has 0 heterocycles. The summed E-state index contributed by atoms with van der Waals surface area (Å²) in [5.74, 6) is 1.54. The standard InChI is InChI=1S/C29H45NO3Si/c1-20(2)26-16-13-22(5)17-27(26)32-29(31)30(21(3)4)19-28(33-34(6,7)8)25-15-14-23-11-9-10-12-24(23)18-25/h9-12,14-15,18,20-22,26-28H,13,16-17,19H2,1-8H3/t22-,26+,27-,28?/m1/s1. The topological polar surface area (TPSA) is 38.8 Å². The molecule has 5 heteroatoms. The van der Waals surface area contributed by atoms with Gasteiger partial charge >= 0.3 is 6.09 Å². The fourth-order valence-corrected chi connectivity index (χ4v) is 6.23. The number of fused-ring (bicyclic) bond motifs is 1. The second-order valence-corrected chi connectivity index (χ2v) is 16.3. The Morgan fingerprint density at radius 2 is 1.71 bits per heavy atom. The first kappa shape index (κ1) is 26.7. The third-order valence-electron chi connectivity index (χ3n) is 7.08. The van der Waals surface area contributed by atoms with Crippen LogP contribution in [0.3, 0.4) is 0 Å². The third-order valence-corrected chi connectivity index (χ3v) is 8.07.